The summed E-state index contributed by atoms with van der Waals surface area (Å²) in [6.45, 7) is 6.62. The van der Waals surface area contributed by atoms with Crippen LogP contribution < -0.4 is 22.3 Å². The van der Waals surface area contributed by atoms with Gasteiger partial charge in [-0.3, -0.25) is 4.79 Å². The molecule has 1 aromatic heterocycles. The van der Waals surface area contributed by atoms with E-state index in [1.165, 1.54) is 12.1 Å². The summed E-state index contributed by atoms with van der Waals surface area (Å²) >= 11 is 0. The monoisotopic (exact) mass is 369 g/mol. The minimum Gasteiger partial charge on any atom is -1.00 e. The van der Waals surface area contributed by atoms with Gasteiger partial charge in [0.25, 0.3) is 5.91 Å². The van der Waals surface area contributed by atoms with Crippen molar-refractivity contribution in [3.63, 3.8) is 0 Å². The van der Waals surface area contributed by atoms with E-state index >= 15 is 0 Å². The molecule has 1 aromatic carbocycles. The fraction of sp³-hybridized carbons (Fsp3) is 0.444. The first-order chi connectivity index (χ1) is 11.3. The molecule has 0 radical (unpaired) electrons. The molecule has 0 aliphatic heterocycles. The van der Waals surface area contributed by atoms with Crippen LogP contribution >= 0.6 is 0 Å². The van der Waals surface area contributed by atoms with Gasteiger partial charge in [0, 0.05) is 0 Å². The highest BCUT2D eigenvalue weighted by Gasteiger charge is 2.26. The van der Waals surface area contributed by atoms with Crippen molar-refractivity contribution in [1.82, 2.24) is 9.88 Å². The van der Waals surface area contributed by atoms with Crippen LogP contribution in [0.3, 0.4) is 0 Å². The number of aliphatic hydroxyl groups is 1. The van der Waals surface area contributed by atoms with Gasteiger partial charge in [0.05, 0.1) is 12.6 Å². The zero-order valence-corrected chi connectivity index (χ0v) is 15.5. The molecule has 1 atom stereocenters. The molecule has 0 saturated carbocycles. The lowest BCUT2D eigenvalue weighted by Gasteiger charge is -2.29. The van der Waals surface area contributed by atoms with Crippen molar-refractivity contribution in [3.05, 3.63) is 54.4 Å². The Balaban J connectivity index is 0.00000312. The highest BCUT2D eigenvalue weighted by Crippen LogP contribution is 2.18. The van der Waals surface area contributed by atoms with Crippen LogP contribution in [0.25, 0.3) is 0 Å². The maximum atomic E-state index is 12.9. The number of nitrogens with zero attached hydrogens (tertiary/aromatic N) is 2. The molecule has 7 heteroatoms. The highest BCUT2D eigenvalue weighted by atomic mass is 35.5. The number of imidazole rings is 1. The van der Waals surface area contributed by atoms with E-state index in [1.807, 2.05) is 44.1 Å². The van der Waals surface area contributed by atoms with Gasteiger partial charge >= 0.3 is 0 Å². The lowest BCUT2D eigenvalue weighted by molar-refractivity contribution is -0.687. The van der Waals surface area contributed by atoms with Crippen LogP contribution in [-0.4, -0.2) is 28.2 Å². The predicted octanol–water partition coefficient (Wildman–Crippen LogP) is -1.51. The van der Waals surface area contributed by atoms with E-state index < -0.39 is 0 Å². The van der Waals surface area contributed by atoms with Gasteiger partial charge in [0.15, 0.2) is 6.54 Å². The second-order valence-corrected chi connectivity index (χ2v) is 7.05. The Morgan fingerprint density at radius 2 is 1.96 bits per heavy atom. The number of hydrogen-bond acceptors (Lipinski definition) is 2. The molecule has 2 N–H and O–H groups in total. The number of nitrogens with one attached hydrogen (secondary N) is 1. The molecule has 0 bridgehead atoms. The summed E-state index contributed by atoms with van der Waals surface area (Å²) in [6.07, 6.45) is 5.51. The van der Waals surface area contributed by atoms with Crippen LogP contribution in [0, 0.1) is 11.2 Å². The third kappa shape index (κ3) is 6.48. The third-order valence-electron chi connectivity index (χ3n) is 3.91. The molecule has 0 saturated heterocycles. The van der Waals surface area contributed by atoms with Crippen LogP contribution in [0.2, 0.25) is 0 Å². The molecule has 0 fully saturated rings. The summed E-state index contributed by atoms with van der Waals surface area (Å²) in [6, 6.07) is 6.05. The standard InChI is InChI=1S/C18H24FN3O2.ClH/c1-18(2,3)16(12-23)20-17(24)11-22-9-8-21(13-22)10-14-4-6-15(19)7-5-14;/h4-9,13,16,23H,10-12H2,1-3H3;1H/t16-;/m1./s1. The predicted molar refractivity (Wildman–Crippen MR) is 88.6 cm³/mol. The molecule has 25 heavy (non-hydrogen) atoms. The van der Waals surface area contributed by atoms with Gasteiger partial charge in [0.1, 0.15) is 24.8 Å². The zero-order valence-electron chi connectivity index (χ0n) is 14.7. The summed E-state index contributed by atoms with van der Waals surface area (Å²) in [5.41, 5.74) is 0.778. The lowest BCUT2D eigenvalue weighted by atomic mass is 9.87. The molecular formula is C18H25ClFN3O2. The van der Waals surface area contributed by atoms with Crippen LogP contribution in [-0.2, 0) is 17.9 Å². The largest absolute Gasteiger partial charge is 1.00 e. The fourth-order valence-corrected chi connectivity index (χ4v) is 2.37. The van der Waals surface area contributed by atoms with E-state index in [-0.39, 0.29) is 48.7 Å². The molecule has 1 heterocycles. The van der Waals surface area contributed by atoms with Crippen molar-refractivity contribution in [2.45, 2.75) is 39.9 Å². The third-order valence-corrected chi connectivity index (χ3v) is 3.91. The van der Waals surface area contributed by atoms with E-state index in [0.29, 0.717) is 6.54 Å². The van der Waals surface area contributed by atoms with E-state index in [2.05, 4.69) is 5.32 Å². The smallest absolute Gasteiger partial charge is 0.262 e. The number of halogens is 2. The fourth-order valence-electron chi connectivity index (χ4n) is 2.37. The number of benzene rings is 1. The van der Waals surface area contributed by atoms with Crippen molar-refractivity contribution < 1.29 is 31.3 Å². The van der Waals surface area contributed by atoms with Gasteiger partial charge in [-0.2, -0.15) is 0 Å². The van der Waals surface area contributed by atoms with Gasteiger partial charge in [-0.15, -0.1) is 0 Å². The van der Waals surface area contributed by atoms with Gasteiger partial charge in [0.2, 0.25) is 6.33 Å². The molecule has 1 amide bonds. The van der Waals surface area contributed by atoms with Crippen LogP contribution in [0.15, 0.2) is 43.0 Å². The molecule has 138 valence electrons. The summed E-state index contributed by atoms with van der Waals surface area (Å²) < 4.78 is 16.6. The van der Waals surface area contributed by atoms with Crippen molar-refractivity contribution in [1.29, 1.82) is 0 Å². The van der Waals surface area contributed by atoms with E-state index in [1.54, 1.807) is 16.7 Å². The molecule has 5 nitrogen and oxygen atoms in total. The van der Waals surface area contributed by atoms with E-state index in [9.17, 15) is 14.3 Å². The highest BCUT2D eigenvalue weighted by molar-refractivity contribution is 5.76. The number of aromatic nitrogens is 2. The number of amides is 1. The number of carbonyl (C=O) groups excluding carboxylic acids is 1. The Bertz CT molecular complexity index is 680. The molecule has 2 rings (SSSR count). The summed E-state index contributed by atoms with van der Waals surface area (Å²) in [5.74, 6) is -0.399. The van der Waals surface area contributed by atoms with Crippen molar-refractivity contribution in [2.75, 3.05) is 6.61 Å². The molecule has 0 spiro atoms. The number of carbonyl (C=O) groups is 1. The Kier molecular flexibility index (Phi) is 7.58. The second-order valence-electron chi connectivity index (χ2n) is 7.05. The Morgan fingerprint density at radius 1 is 1.32 bits per heavy atom. The average molecular weight is 370 g/mol. The lowest BCUT2D eigenvalue weighted by Crippen LogP contribution is -3.00. The number of rotatable bonds is 6. The molecular weight excluding hydrogens is 345 g/mol. The average Bonchev–Trinajstić information content (AvgIpc) is 2.93. The molecule has 0 unspecified atom stereocenters. The van der Waals surface area contributed by atoms with Gasteiger partial charge in [-0.05, 0) is 23.1 Å². The Morgan fingerprint density at radius 3 is 2.52 bits per heavy atom. The Labute approximate surface area is 153 Å². The number of hydrogen-bond donors (Lipinski definition) is 2. The van der Waals surface area contributed by atoms with Crippen LogP contribution in [0.1, 0.15) is 26.3 Å². The van der Waals surface area contributed by atoms with Gasteiger partial charge in [-0.25, -0.2) is 13.5 Å². The summed E-state index contributed by atoms with van der Waals surface area (Å²) in [5, 5.41) is 12.3. The number of aliphatic hydroxyl groups excluding tert-OH is 1. The molecule has 0 aliphatic rings. The molecule has 2 aromatic rings. The first-order valence-corrected chi connectivity index (χ1v) is 7.97. The normalized spacial score (nSPS) is 12.4. The SMILES string of the molecule is CC(C)(C)[C@@H](CO)NC(=O)Cn1cc[n+](Cc2ccc(F)cc2)c1.[Cl-]. The maximum Gasteiger partial charge on any atom is 0.262 e. The van der Waals surface area contributed by atoms with Crippen LogP contribution in [0.5, 0.6) is 0 Å². The summed E-state index contributed by atoms with van der Waals surface area (Å²) in [4.78, 5) is 12.1. The minimum atomic E-state index is -0.285. The summed E-state index contributed by atoms with van der Waals surface area (Å²) in [7, 11) is 0. The molecule has 0 aliphatic carbocycles. The topological polar surface area (TPSA) is 58.1 Å². The van der Waals surface area contributed by atoms with Crippen molar-refractivity contribution >= 4 is 5.91 Å². The van der Waals surface area contributed by atoms with Crippen molar-refractivity contribution in [3.8, 4) is 0 Å². The quantitative estimate of drug-likeness (QED) is 0.608. The van der Waals surface area contributed by atoms with Crippen LogP contribution in [0.4, 0.5) is 4.39 Å². The second kappa shape index (κ2) is 8.97. The van der Waals surface area contributed by atoms with E-state index in [4.69, 9.17) is 0 Å². The first-order valence-electron chi connectivity index (χ1n) is 7.97. The Hall–Kier alpha value is -1.92. The first kappa shape index (κ1) is 21.1. The van der Waals surface area contributed by atoms with Gasteiger partial charge in [-0.1, -0.05) is 32.9 Å². The zero-order chi connectivity index (χ0) is 17.7. The van der Waals surface area contributed by atoms with E-state index in [0.717, 1.165) is 5.56 Å². The van der Waals surface area contributed by atoms with Gasteiger partial charge < -0.3 is 22.8 Å². The minimum absolute atomic E-state index is 0. The van der Waals surface area contributed by atoms with Crippen molar-refractivity contribution in [2.24, 2.45) is 5.41 Å². The maximum absolute atomic E-state index is 12.9.